The normalized spacial score (nSPS) is 20.5. The molecule has 1 heterocycles. The predicted molar refractivity (Wildman–Crippen MR) is 137 cm³/mol. The van der Waals surface area contributed by atoms with E-state index >= 15 is 0 Å². The van der Waals surface area contributed by atoms with E-state index in [0.717, 1.165) is 17.8 Å². The zero-order valence-corrected chi connectivity index (χ0v) is 19.7. The molecule has 0 spiro atoms. The fourth-order valence-corrected chi connectivity index (χ4v) is 5.14. The molecule has 1 amide bonds. The van der Waals surface area contributed by atoms with Gasteiger partial charge in [-0.25, -0.2) is 0 Å². The number of anilines is 3. The van der Waals surface area contributed by atoms with Crippen LogP contribution in [0, 0.1) is 19.8 Å². The number of rotatable bonds is 4. The van der Waals surface area contributed by atoms with E-state index in [4.69, 9.17) is 0 Å². The molecule has 0 saturated heterocycles. The van der Waals surface area contributed by atoms with Crippen molar-refractivity contribution >= 4 is 23.0 Å². The molecule has 1 aliphatic heterocycles. The second-order valence-corrected chi connectivity index (χ2v) is 9.48. The summed E-state index contributed by atoms with van der Waals surface area (Å²) < 4.78 is 0. The number of carbonyl (C=O) groups excluding carboxylic acids is 1. The first-order valence-electron chi connectivity index (χ1n) is 11.6. The van der Waals surface area contributed by atoms with Crippen molar-refractivity contribution in [3.63, 3.8) is 0 Å². The van der Waals surface area contributed by atoms with Gasteiger partial charge in [-0.05, 0) is 78.8 Å². The van der Waals surface area contributed by atoms with E-state index < -0.39 is 0 Å². The number of benzene rings is 3. The summed E-state index contributed by atoms with van der Waals surface area (Å²) in [5.41, 5.74) is 8.51. The SMILES string of the molecule is Cc1ccc(NC(=O)c2cccc3c2NC(c2ccc(N(C)C)cc2)C2CC=CC32)cc1C. The van der Waals surface area contributed by atoms with Crippen molar-refractivity contribution in [2.75, 3.05) is 29.6 Å². The number of hydrogen-bond donors (Lipinski definition) is 2. The molecule has 4 heteroatoms. The van der Waals surface area contributed by atoms with E-state index in [0.29, 0.717) is 17.4 Å². The van der Waals surface area contributed by atoms with Crippen LogP contribution in [0.1, 0.15) is 51.0 Å². The summed E-state index contributed by atoms with van der Waals surface area (Å²) in [6.07, 6.45) is 5.64. The predicted octanol–water partition coefficient (Wildman–Crippen LogP) is 6.45. The molecule has 0 radical (unpaired) electrons. The summed E-state index contributed by atoms with van der Waals surface area (Å²) in [4.78, 5) is 15.5. The van der Waals surface area contributed by atoms with Gasteiger partial charge in [-0.3, -0.25) is 4.79 Å². The Bertz CT molecular complexity index is 1230. The monoisotopic (exact) mass is 437 g/mol. The maximum Gasteiger partial charge on any atom is 0.257 e. The van der Waals surface area contributed by atoms with Crippen molar-refractivity contribution in [3.8, 4) is 0 Å². The molecule has 3 aromatic carbocycles. The zero-order valence-electron chi connectivity index (χ0n) is 19.7. The number of nitrogens with zero attached hydrogens (tertiary/aromatic N) is 1. The summed E-state index contributed by atoms with van der Waals surface area (Å²) in [6, 6.07) is 21.1. The Hall–Kier alpha value is -3.53. The van der Waals surface area contributed by atoms with Crippen LogP contribution in [0.3, 0.4) is 0 Å². The Morgan fingerprint density at radius 3 is 2.52 bits per heavy atom. The zero-order chi connectivity index (χ0) is 23.1. The van der Waals surface area contributed by atoms with Gasteiger partial charge < -0.3 is 15.5 Å². The van der Waals surface area contributed by atoms with Crippen LogP contribution < -0.4 is 15.5 Å². The van der Waals surface area contributed by atoms with Crippen LogP contribution in [0.25, 0.3) is 0 Å². The van der Waals surface area contributed by atoms with Gasteiger partial charge in [0, 0.05) is 31.4 Å². The topological polar surface area (TPSA) is 44.4 Å². The lowest BCUT2D eigenvalue weighted by molar-refractivity contribution is 0.102. The smallest absolute Gasteiger partial charge is 0.257 e. The van der Waals surface area contributed by atoms with Crippen molar-refractivity contribution in [1.29, 1.82) is 0 Å². The average Bonchev–Trinajstić information content (AvgIpc) is 3.31. The highest BCUT2D eigenvalue weighted by Gasteiger charge is 2.39. The fraction of sp³-hybridized carbons (Fsp3) is 0.276. The van der Waals surface area contributed by atoms with Crippen LogP contribution in [-0.4, -0.2) is 20.0 Å². The molecule has 2 N–H and O–H groups in total. The van der Waals surface area contributed by atoms with Gasteiger partial charge in [0.15, 0.2) is 0 Å². The second-order valence-electron chi connectivity index (χ2n) is 9.48. The number of para-hydroxylation sites is 1. The third kappa shape index (κ3) is 3.91. The third-order valence-electron chi connectivity index (χ3n) is 7.17. The molecule has 0 aromatic heterocycles. The van der Waals surface area contributed by atoms with Crippen LogP contribution in [0.4, 0.5) is 17.1 Å². The standard InChI is InChI=1S/C29H31N3O/c1-18-11-14-21(17-19(18)2)30-29(33)26-10-6-9-25-23-7-5-8-24(23)27(31-28(25)26)20-12-15-22(16-13-20)32(3)4/h5-7,9-17,23-24,27,31H,8H2,1-4H3,(H,30,33). The molecule has 1 aliphatic carbocycles. The lowest BCUT2D eigenvalue weighted by Gasteiger charge is -2.38. The molecule has 2 aliphatic rings. The van der Waals surface area contributed by atoms with Crippen LogP contribution in [0.5, 0.6) is 0 Å². The molecule has 33 heavy (non-hydrogen) atoms. The lowest BCUT2D eigenvalue weighted by atomic mass is 9.76. The maximum atomic E-state index is 13.4. The minimum absolute atomic E-state index is 0.0789. The highest BCUT2D eigenvalue weighted by molar-refractivity contribution is 6.08. The number of carbonyl (C=O) groups is 1. The maximum absolute atomic E-state index is 13.4. The van der Waals surface area contributed by atoms with Crippen molar-refractivity contribution in [1.82, 2.24) is 0 Å². The van der Waals surface area contributed by atoms with Crippen molar-refractivity contribution in [2.45, 2.75) is 32.2 Å². The highest BCUT2D eigenvalue weighted by atomic mass is 16.1. The molecular formula is C29H31N3O. The number of aryl methyl sites for hydroxylation is 2. The molecular weight excluding hydrogens is 406 g/mol. The van der Waals surface area contributed by atoms with E-state index in [1.807, 2.05) is 30.3 Å². The summed E-state index contributed by atoms with van der Waals surface area (Å²) >= 11 is 0. The summed E-state index contributed by atoms with van der Waals surface area (Å²) in [5, 5.41) is 6.88. The minimum Gasteiger partial charge on any atom is -0.378 e. The number of fused-ring (bicyclic) bond motifs is 3. The molecule has 3 aromatic rings. The van der Waals surface area contributed by atoms with Crippen LogP contribution in [0.15, 0.2) is 72.8 Å². The molecule has 3 unspecified atom stereocenters. The van der Waals surface area contributed by atoms with E-state index in [1.165, 1.54) is 27.9 Å². The second kappa shape index (κ2) is 8.43. The Balaban J connectivity index is 1.49. The van der Waals surface area contributed by atoms with Crippen molar-refractivity contribution < 1.29 is 4.79 Å². The van der Waals surface area contributed by atoms with Crippen molar-refractivity contribution in [3.05, 3.63) is 101 Å². The molecule has 3 atom stereocenters. The molecule has 0 fully saturated rings. The molecule has 168 valence electrons. The first-order valence-corrected chi connectivity index (χ1v) is 11.6. The fourth-order valence-electron chi connectivity index (χ4n) is 5.14. The van der Waals surface area contributed by atoms with Gasteiger partial charge in [-0.15, -0.1) is 0 Å². The van der Waals surface area contributed by atoms with Crippen molar-refractivity contribution in [2.24, 2.45) is 5.92 Å². The van der Waals surface area contributed by atoms with E-state index in [1.54, 1.807) is 0 Å². The molecule has 0 saturated carbocycles. The van der Waals surface area contributed by atoms with Crippen LogP contribution >= 0.6 is 0 Å². The Morgan fingerprint density at radius 1 is 1.00 bits per heavy atom. The van der Waals surface area contributed by atoms with Gasteiger partial charge in [-0.1, -0.05) is 42.5 Å². The Labute approximate surface area is 196 Å². The highest BCUT2D eigenvalue weighted by Crippen LogP contribution is 2.50. The van der Waals surface area contributed by atoms with Gasteiger partial charge in [0.1, 0.15) is 0 Å². The third-order valence-corrected chi connectivity index (χ3v) is 7.17. The Kier molecular flexibility index (Phi) is 5.45. The van der Waals surface area contributed by atoms with Gasteiger partial charge in [-0.2, -0.15) is 0 Å². The van der Waals surface area contributed by atoms with Gasteiger partial charge >= 0.3 is 0 Å². The van der Waals surface area contributed by atoms with E-state index in [9.17, 15) is 4.79 Å². The molecule has 0 bridgehead atoms. The van der Waals surface area contributed by atoms with E-state index in [2.05, 4.69) is 86.0 Å². The molecule has 4 nitrogen and oxygen atoms in total. The van der Waals surface area contributed by atoms with Gasteiger partial charge in [0.2, 0.25) is 0 Å². The number of allylic oxidation sites excluding steroid dienone is 2. The van der Waals surface area contributed by atoms with Crippen LogP contribution in [0.2, 0.25) is 0 Å². The minimum atomic E-state index is -0.0789. The van der Waals surface area contributed by atoms with Gasteiger partial charge in [0.05, 0.1) is 17.3 Å². The molecule has 5 rings (SSSR count). The van der Waals surface area contributed by atoms with Crippen LogP contribution in [-0.2, 0) is 0 Å². The average molecular weight is 438 g/mol. The lowest BCUT2D eigenvalue weighted by Crippen LogP contribution is -2.31. The Morgan fingerprint density at radius 2 is 1.79 bits per heavy atom. The van der Waals surface area contributed by atoms with Gasteiger partial charge in [0.25, 0.3) is 5.91 Å². The number of nitrogens with one attached hydrogen (secondary N) is 2. The number of amides is 1. The summed E-state index contributed by atoms with van der Waals surface area (Å²) in [7, 11) is 4.11. The number of hydrogen-bond acceptors (Lipinski definition) is 3. The quantitative estimate of drug-likeness (QED) is 0.461. The summed E-state index contributed by atoms with van der Waals surface area (Å²) in [5.74, 6) is 0.680. The van der Waals surface area contributed by atoms with E-state index in [-0.39, 0.29) is 11.9 Å². The summed E-state index contributed by atoms with van der Waals surface area (Å²) in [6.45, 7) is 4.14. The largest absolute Gasteiger partial charge is 0.378 e. The first-order chi connectivity index (χ1) is 15.9. The first kappa shape index (κ1) is 21.3.